The van der Waals surface area contributed by atoms with Gasteiger partial charge in [0.1, 0.15) is 23.1 Å². The Morgan fingerprint density at radius 1 is 1.28 bits per heavy atom. The molecule has 1 aliphatic heterocycles. The van der Waals surface area contributed by atoms with Crippen LogP contribution in [0.25, 0.3) is 0 Å². The summed E-state index contributed by atoms with van der Waals surface area (Å²) in [6.07, 6.45) is 1.16. The molecule has 36 heavy (non-hydrogen) atoms. The van der Waals surface area contributed by atoms with Gasteiger partial charge >= 0.3 is 5.97 Å². The van der Waals surface area contributed by atoms with Crippen molar-refractivity contribution in [2.24, 2.45) is 5.92 Å². The number of aliphatic carboxylic acids is 1. The van der Waals surface area contributed by atoms with E-state index in [2.05, 4.69) is 0 Å². The lowest BCUT2D eigenvalue weighted by atomic mass is 10.1. The highest BCUT2D eigenvalue weighted by molar-refractivity contribution is 7.98. The molecule has 0 aliphatic carbocycles. The van der Waals surface area contributed by atoms with Gasteiger partial charge in [-0.3, -0.25) is 4.79 Å². The molecule has 0 radical (unpaired) electrons. The lowest BCUT2D eigenvalue weighted by molar-refractivity contribution is -0.142. The second-order valence-corrected chi connectivity index (χ2v) is 11.7. The molecule has 0 spiro atoms. The normalized spacial score (nSPS) is 18.9. The third kappa shape index (κ3) is 6.27. The Bertz CT molecular complexity index is 1200. The minimum Gasteiger partial charge on any atom is -0.491 e. The minimum absolute atomic E-state index is 0.0640. The van der Waals surface area contributed by atoms with E-state index in [1.807, 2.05) is 0 Å². The smallest absolute Gasteiger partial charge is 0.309 e. The fraction of sp³-hybridized carbons (Fsp3) is 0.458. The van der Waals surface area contributed by atoms with Crippen molar-refractivity contribution in [2.75, 3.05) is 31.4 Å². The number of thioether (sulfide) groups is 1. The van der Waals surface area contributed by atoms with E-state index in [9.17, 15) is 31.5 Å². The van der Waals surface area contributed by atoms with Crippen LogP contribution in [0.15, 0.2) is 46.2 Å². The standard InChI is InChI=1S/C24H29F3N2O5S2/c1-15(23(30)31)14-34-20-12-22-19(11-21(20)35-4)29(17-7-5-16(25)6-8-17)13-18(9-10-24(2,26)27)28(3)36(22,32)33/h5-8,11-12,15,18H,9-10,13-14H2,1-4H3,(H,30,31)/t15-,18-/m1/s1. The van der Waals surface area contributed by atoms with Gasteiger partial charge in [-0.25, -0.2) is 21.6 Å². The van der Waals surface area contributed by atoms with Gasteiger partial charge in [0.25, 0.3) is 0 Å². The van der Waals surface area contributed by atoms with Crippen LogP contribution in [0, 0.1) is 11.7 Å². The summed E-state index contributed by atoms with van der Waals surface area (Å²) in [6, 6.07) is 7.65. The lowest BCUT2D eigenvalue weighted by Gasteiger charge is -2.30. The van der Waals surface area contributed by atoms with Crippen molar-refractivity contribution in [3.8, 4) is 5.75 Å². The first-order chi connectivity index (χ1) is 16.7. The Balaban J connectivity index is 2.16. The van der Waals surface area contributed by atoms with Gasteiger partial charge in [-0.05, 0) is 56.9 Å². The molecule has 0 amide bonds. The molecule has 1 heterocycles. The predicted molar refractivity (Wildman–Crippen MR) is 133 cm³/mol. The van der Waals surface area contributed by atoms with Crippen LogP contribution in [-0.2, 0) is 14.8 Å². The number of carbonyl (C=O) groups is 1. The average Bonchev–Trinajstić information content (AvgIpc) is 2.88. The second kappa shape index (κ2) is 10.9. The Morgan fingerprint density at radius 3 is 2.47 bits per heavy atom. The topological polar surface area (TPSA) is 87.1 Å². The van der Waals surface area contributed by atoms with Crippen molar-refractivity contribution in [1.29, 1.82) is 0 Å². The van der Waals surface area contributed by atoms with E-state index in [0.717, 1.165) is 11.2 Å². The third-order valence-corrected chi connectivity index (χ3v) is 8.76. The molecule has 0 saturated carbocycles. The van der Waals surface area contributed by atoms with Crippen LogP contribution in [0.1, 0.15) is 26.7 Å². The molecule has 0 saturated heterocycles. The quantitative estimate of drug-likeness (QED) is 0.432. The molecule has 3 rings (SSSR count). The average molecular weight is 547 g/mol. The number of carboxylic acids is 1. The fourth-order valence-corrected chi connectivity index (χ4v) is 5.95. The minimum atomic E-state index is -4.16. The molecule has 198 valence electrons. The highest BCUT2D eigenvalue weighted by Gasteiger charge is 2.39. The number of carboxylic acid groups (broad SMARTS) is 1. The summed E-state index contributed by atoms with van der Waals surface area (Å²) in [7, 11) is -2.81. The molecular formula is C24H29F3N2O5S2. The molecule has 0 unspecified atom stereocenters. The Kier molecular flexibility index (Phi) is 8.51. The predicted octanol–water partition coefficient (Wildman–Crippen LogP) is 5.22. The van der Waals surface area contributed by atoms with Crippen LogP contribution in [0.2, 0.25) is 0 Å². The molecule has 1 aliphatic rings. The number of rotatable bonds is 9. The number of hydrogen-bond acceptors (Lipinski definition) is 6. The number of sulfonamides is 1. The second-order valence-electron chi connectivity index (χ2n) is 8.89. The summed E-state index contributed by atoms with van der Waals surface area (Å²) in [4.78, 5) is 13.3. The molecule has 0 aromatic heterocycles. The first-order valence-corrected chi connectivity index (χ1v) is 13.9. The van der Waals surface area contributed by atoms with Gasteiger partial charge in [0.2, 0.25) is 15.9 Å². The van der Waals surface area contributed by atoms with Crippen LogP contribution < -0.4 is 9.64 Å². The summed E-state index contributed by atoms with van der Waals surface area (Å²) >= 11 is 1.28. The molecule has 0 bridgehead atoms. The van der Waals surface area contributed by atoms with Crippen molar-refractivity contribution in [2.45, 2.75) is 48.4 Å². The number of benzene rings is 2. The molecule has 0 fully saturated rings. The maximum atomic E-state index is 13.7. The SMILES string of the molecule is CSc1cc2c(cc1OC[C@@H](C)C(=O)O)S(=O)(=O)N(C)[C@H](CCC(C)(F)F)CN2c1ccc(F)cc1. The van der Waals surface area contributed by atoms with Crippen LogP contribution >= 0.6 is 11.8 Å². The maximum absolute atomic E-state index is 13.7. The highest BCUT2D eigenvalue weighted by atomic mass is 32.2. The Morgan fingerprint density at radius 2 is 1.92 bits per heavy atom. The molecule has 1 N–H and O–H groups in total. The zero-order valence-corrected chi connectivity index (χ0v) is 22.0. The van der Waals surface area contributed by atoms with E-state index < -0.39 is 46.1 Å². The number of anilines is 2. The van der Waals surface area contributed by atoms with Crippen molar-refractivity contribution < 1.29 is 36.2 Å². The van der Waals surface area contributed by atoms with Crippen LogP contribution in [0.5, 0.6) is 5.75 Å². The maximum Gasteiger partial charge on any atom is 0.309 e. The van der Waals surface area contributed by atoms with Gasteiger partial charge in [-0.1, -0.05) is 0 Å². The number of fused-ring (bicyclic) bond motifs is 1. The van der Waals surface area contributed by atoms with E-state index in [0.29, 0.717) is 16.3 Å². The number of halogens is 3. The first-order valence-electron chi connectivity index (χ1n) is 11.2. The van der Waals surface area contributed by atoms with E-state index in [1.165, 1.54) is 56.1 Å². The van der Waals surface area contributed by atoms with Gasteiger partial charge in [0.15, 0.2) is 0 Å². The summed E-state index contributed by atoms with van der Waals surface area (Å²) in [5.41, 5.74) is 0.791. The van der Waals surface area contributed by atoms with Crippen LogP contribution in [-0.4, -0.2) is 62.2 Å². The van der Waals surface area contributed by atoms with Crippen molar-refractivity contribution in [3.63, 3.8) is 0 Å². The van der Waals surface area contributed by atoms with Gasteiger partial charge in [-0.2, -0.15) is 4.31 Å². The van der Waals surface area contributed by atoms with Crippen molar-refractivity contribution >= 4 is 39.1 Å². The van der Waals surface area contributed by atoms with Crippen LogP contribution in [0.4, 0.5) is 24.5 Å². The molecule has 7 nitrogen and oxygen atoms in total. The zero-order valence-electron chi connectivity index (χ0n) is 20.4. The molecule has 2 aromatic carbocycles. The summed E-state index contributed by atoms with van der Waals surface area (Å²) in [6.45, 7) is 2.15. The summed E-state index contributed by atoms with van der Waals surface area (Å²) in [5.74, 6) is -5.13. The monoisotopic (exact) mass is 546 g/mol. The van der Waals surface area contributed by atoms with Gasteiger partial charge in [0, 0.05) is 37.8 Å². The number of nitrogens with zero attached hydrogens (tertiary/aromatic N) is 2. The lowest BCUT2D eigenvalue weighted by Crippen LogP contribution is -2.41. The number of alkyl halides is 2. The summed E-state index contributed by atoms with van der Waals surface area (Å²) < 4.78 is 75.2. The zero-order chi connectivity index (χ0) is 26.8. The van der Waals surface area contributed by atoms with E-state index in [1.54, 1.807) is 17.2 Å². The number of hydrogen-bond donors (Lipinski definition) is 1. The molecule has 2 aromatic rings. The van der Waals surface area contributed by atoms with E-state index >= 15 is 0 Å². The van der Waals surface area contributed by atoms with Gasteiger partial charge in [-0.15, -0.1) is 11.8 Å². The first kappa shape index (κ1) is 28.1. The Labute approximate surface area is 213 Å². The van der Waals surface area contributed by atoms with Crippen molar-refractivity contribution in [1.82, 2.24) is 4.31 Å². The fourth-order valence-electron chi connectivity index (χ4n) is 3.84. The molecular weight excluding hydrogens is 517 g/mol. The molecule has 2 atom stereocenters. The van der Waals surface area contributed by atoms with E-state index in [4.69, 9.17) is 4.74 Å². The third-order valence-electron chi connectivity index (χ3n) is 6.07. The van der Waals surface area contributed by atoms with E-state index in [-0.39, 0.29) is 30.2 Å². The Hall–Kier alpha value is -2.44. The number of likely N-dealkylation sites (N-methyl/N-ethyl adjacent to an activating group) is 1. The van der Waals surface area contributed by atoms with Gasteiger partial charge < -0.3 is 14.7 Å². The summed E-state index contributed by atoms with van der Waals surface area (Å²) in [5, 5.41) is 9.18. The number of ether oxygens (including phenoxy) is 1. The highest BCUT2D eigenvalue weighted by Crippen LogP contribution is 2.43. The largest absolute Gasteiger partial charge is 0.491 e. The molecule has 12 heteroatoms. The van der Waals surface area contributed by atoms with Crippen LogP contribution in [0.3, 0.4) is 0 Å². The van der Waals surface area contributed by atoms with Gasteiger partial charge in [0.05, 0.1) is 16.5 Å². The van der Waals surface area contributed by atoms with Crippen molar-refractivity contribution in [3.05, 3.63) is 42.2 Å².